The fourth-order valence-electron chi connectivity index (χ4n) is 2.80. The van der Waals surface area contributed by atoms with Crippen molar-refractivity contribution in [2.24, 2.45) is 17.1 Å². The molecular weight excluding hydrogens is 252 g/mol. The van der Waals surface area contributed by atoms with Crippen LogP contribution < -0.4 is 11.1 Å². The van der Waals surface area contributed by atoms with E-state index in [1.54, 1.807) is 6.20 Å². The number of aromatic nitrogens is 2. The van der Waals surface area contributed by atoms with Crippen molar-refractivity contribution in [2.75, 3.05) is 6.54 Å². The van der Waals surface area contributed by atoms with Gasteiger partial charge in [0.2, 0.25) is 5.91 Å². The van der Waals surface area contributed by atoms with E-state index >= 15 is 0 Å². The van der Waals surface area contributed by atoms with Crippen LogP contribution in [0.4, 0.5) is 0 Å². The van der Waals surface area contributed by atoms with E-state index in [9.17, 15) is 4.79 Å². The molecule has 1 amide bonds. The van der Waals surface area contributed by atoms with E-state index in [0.717, 1.165) is 37.2 Å². The van der Waals surface area contributed by atoms with Crippen LogP contribution in [0.3, 0.4) is 0 Å². The smallest absolute Gasteiger partial charge is 0.227 e. The molecule has 110 valence electrons. The van der Waals surface area contributed by atoms with Crippen LogP contribution in [0, 0.1) is 18.3 Å². The van der Waals surface area contributed by atoms with Crippen LogP contribution in [-0.4, -0.2) is 22.4 Å². The maximum absolute atomic E-state index is 12.5. The summed E-state index contributed by atoms with van der Waals surface area (Å²) in [5.41, 5.74) is 6.35. The monoisotopic (exact) mass is 276 g/mol. The first-order valence-electron chi connectivity index (χ1n) is 7.33. The standard InChI is InChI=1S/C15H24N4O/c1-11-3-6-15(10-16,7-4-11)14(20)18-9-13-5-8-17-12(2)19-13/h5,8,11H,3-4,6-7,9-10,16H2,1-2H3,(H,18,20). The Labute approximate surface area is 120 Å². The van der Waals surface area contributed by atoms with Gasteiger partial charge in [-0.15, -0.1) is 0 Å². The van der Waals surface area contributed by atoms with E-state index in [1.165, 1.54) is 0 Å². The number of carbonyl (C=O) groups excluding carboxylic acids is 1. The van der Waals surface area contributed by atoms with E-state index in [4.69, 9.17) is 5.73 Å². The number of carbonyl (C=O) groups is 1. The second-order valence-electron chi connectivity index (χ2n) is 5.94. The Morgan fingerprint density at radius 2 is 2.20 bits per heavy atom. The lowest BCUT2D eigenvalue weighted by Crippen LogP contribution is -2.47. The van der Waals surface area contributed by atoms with Gasteiger partial charge in [0.15, 0.2) is 0 Å². The summed E-state index contributed by atoms with van der Waals surface area (Å²) in [7, 11) is 0. The SMILES string of the molecule is Cc1nccc(CNC(=O)C2(CN)CCC(C)CC2)n1. The molecule has 0 aromatic carbocycles. The van der Waals surface area contributed by atoms with Gasteiger partial charge >= 0.3 is 0 Å². The molecule has 0 aliphatic heterocycles. The average molecular weight is 276 g/mol. The third-order valence-corrected chi connectivity index (χ3v) is 4.37. The zero-order valence-electron chi connectivity index (χ0n) is 12.4. The largest absolute Gasteiger partial charge is 0.350 e. The van der Waals surface area contributed by atoms with Crippen LogP contribution in [0.25, 0.3) is 0 Å². The van der Waals surface area contributed by atoms with Crippen molar-refractivity contribution in [3.63, 3.8) is 0 Å². The molecule has 1 aromatic heterocycles. The first-order chi connectivity index (χ1) is 9.55. The molecule has 1 heterocycles. The molecule has 1 fully saturated rings. The molecule has 1 saturated carbocycles. The van der Waals surface area contributed by atoms with Crippen LogP contribution in [-0.2, 0) is 11.3 Å². The second kappa shape index (κ2) is 6.31. The van der Waals surface area contributed by atoms with Gasteiger partial charge in [0.1, 0.15) is 5.82 Å². The molecule has 0 saturated heterocycles. The van der Waals surface area contributed by atoms with Crippen molar-refractivity contribution in [3.05, 3.63) is 23.8 Å². The summed E-state index contributed by atoms with van der Waals surface area (Å²) in [6.07, 6.45) is 5.65. The first-order valence-corrected chi connectivity index (χ1v) is 7.33. The number of amides is 1. The van der Waals surface area contributed by atoms with Crippen molar-refractivity contribution in [1.29, 1.82) is 0 Å². The lowest BCUT2D eigenvalue weighted by Gasteiger charge is -2.37. The fraction of sp³-hybridized carbons (Fsp3) is 0.667. The zero-order chi connectivity index (χ0) is 14.6. The third-order valence-electron chi connectivity index (χ3n) is 4.37. The minimum atomic E-state index is -0.380. The topological polar surface area (TPSA) is 80.9 Å². The molecule has 5 nitrogen and oxygen atoms in total. The lowest BCUT2D eigenvalue weighted by molar-refractivity contribution is -0.133. The van der Waals surface area contributed by atoms with Crippen LogP contribution in [0.15, 0.2) is 12.3 Å². The normalized spacial score (nSPS) is 26.2. The quantitative estimate of drug-likeness (QED) is 0.874. The number of aryl methyl sites for hydroxylation is 1. The van der Waals surface area contributed by atoms with Gasteiger partial charge in [-0.25, -0.2) is 9.97 Å². The Bertz CT molecular complexity index is 467. The summed E-state index contributed by atoms with van der Waals surface area (Å²) in [5, 5.41) is 2.99. The highest BCUT2D eigenvalue weighted by molar-refractivity contribution is 5.83. The number of nitrogens with two attached hydrogens (primary N) is 1. The Kier molecular flexibility index (Phi) is 4.70. The molecule has 20 heavy (non-hydrogen) atoms. The Morgan fingerprint density at radius 1 is 1.50 bits per heavy atom. The summed E-state index contributed by atoms with van der Waals surface area (Å²) in [6.45, 7) is 4.95. The highest BCUT2D eigenvalue weighted by Crippen LogP contribution is 2.38. The Hall–Kier alpha value is -1.49. The van der Waals surface area contributed by atoms with Gasteiger partial charge in [-0.05, 0) is 44.6 Å². The fourth-order valence-corrected chi connectivity index (χ4v) is 2.80. The lowest BCUT2D eigenvalue weighted by atomic mass is 9.70. The molecule has 1 aliphatic rings. The van der Waals surface area contributed by atoms with Crippen LogP contribution >= 0.6 is 0 Å². The molecule has 2 rings (SSSR count). The molecule has 0 bridgehead atoms. The van der Waals surface area contributed by atoms with Gasteiger partial charge in [-0.3, -0.25) is 4.79 Å². The minimum Gasteiger partial charge on any atom is -0.350 e. The van der Waals surface area contributed by atoms with Crippen molar-refractivity contribution in [1.82, 2.24) is 15.3 Å². The van der Waals surface area contributed by atoms with Crippen LogP contribution in [0.5, 0.6) is 0 Å². The predicted octanol–water partition coefficient (Wildman–Crippen LogP) is 1.56. The molecule has 0 unspecified atom stereocenters. The van der Waals surface area contributed by atoms with Gasteiger partial charge in [0, 0.05) is 12.7 Å². The average Bonchev–Trinajstić information content (AvgIpc) is 2.46. The molecule has 1 aromatic rings. The molecule has 3 N–H and O–H groups in total. The van der Waals surface area contributed by atoms with Crippen molar-refractivity contribution in [3.8, 4) is 0 Å². The number of nitrogens with zero attached hydrogens (tertiary/aromatic N) is 2. The van der Waals surface area contributed by atoms with E-state index in [1.807, 2.05) is 13.0 Å². The molecular formula is C15H24N4O. The van der Waals surface area contributed by atoms with Gasteiger partial charge < -0.3 is 11.1 Å². The van der Waals surface area contributed by atoms with E-state index in [2.05, 4.69) is 22.2 Å². The zero-order valence-corrected chi connectivity index (χ0v) is 12.4. The summed E-state index contributed by atoms with van der Waals surface area (Å²) >= 11 is 0. The number of nitrogens with one attached hydrogen (secondary N) is 1. The van der Waals surface area contributed by atoms with Crippen molar-refractivity contribution in [2.45, 2.75) is 46.1 Å². The Morgan fingerprint density at radius 3 is 2.80 bits per heavy atom. The first kappa shape index (κ1) is 14.9. The number of rotatable bonds is 4. The molecule has 5 heteroatoms. The van der Waals surface area contributed by atoms with E-state index < -0.39 is 0 Å². The molecule has 0 radical (unpaired) electrons. The number of hydrogen-bond acceptors (Lipinski definition) is 4. The summed E-state index contributed by atoms with van der Waals surface area (Å²) in [5.74, 6) is 1.49. The Balaban J connectivity index is 1.96. The second-order valence-corrected chi connectivity index (χ2v) is 5.94. The van der Waals surface area contributed by atoms with E-state index in [-0.39, 0.29) is 11.3 Å². The minimum absolute atomic E-state index is 0.0724. The molecule has 0 spiro atoms. The maximum atomic E-state index is 12.5. The predicted molar refractivity (Wildman–Crippen MR) is 77.7 cm³/mol. The van der Waals surface area contributed by atoms with Gasteiger partial charge in [-0.1, -0.05) is 6.92 Å². The maximum Gasteiger partial charge on any atom is 0.227 e. The van der Waals surface area contributed by atoms with Gasteiger partial charge in [0.25, 0.3) is 0 Å². The summed E-state index contributed by atoms with van der Waals surface area (Å²) < 4.78 is 0. The van der Waals surface area contributed by atoms with Gasteiger partial charge in [-0.2, -0.15) is 0 Å². The number of hydrogen-bond donors (Lipinski definition) is 2. The molecule has 1 aliphatic carbocycles. The van der Waals surface area contributed by atoms with Crippen molar-refractivity contribution < 1.29 is 4.79 Å². The van der Waals surface area contributed by atoms with E-state index in [0.29, 0.717) is 19.0 Å². The highest BCUT2D eigenvalue weighted by Gasteiger charge is 2.39. The molecule has 0 atom stereocenters. The highest BCUT2D eigenvalue weighted by atomic mass is 16.2. The van der Waals surface area contributed by atoms with Crippen LogP contribution in [0.1, 0.15) is 44.1 Å². The van der Waals surface area contributed by atoms with Crippen LogP contribution in [0.2, 0.25) is 0 Å². The van der Waals surface area contributed by atoms with Crippen molar-refractivity contribution >= 4 is 5.91 Å². The summed E-state index contributed by atoms with van der Waals surface area (Å²) in [6, 6.07) is 1.82. The third kappa shape index (κ3) is 3.33. The van der Waals surface area contributed by atoms with Gasteiger partial charge in [0.05, 0.1) is 17.7 Å². The summed E-state index contributed by atoms with van der Waals surface area (Å²) in [4.78, 5) is 20.8.